The van der Waals surface area contributed by atoms with Crippen LogP contribution in [0.1, 0.15) is 6.92 Å². The second-order valence-electron chi connectivity index (χ2n) is 1.02. The highest BCUT2D eigenvalue weighted by molar-refractivity contribution is 14.1. The van der Waals surface area contributed by atoms with Crippen LogP contribution in [0, 0.1) is 0 Å². The Labute approximate surface area is 62.6 Å². The molecular weight excluding hydrogens is 215 g/mol. The predicted molar refractivity (Wildman–Crippen MR) is 45.8 cm³/mol. The molecule has 0 aromatic heterocycles. The Hall–Kier alpha value is -0.190. The molecule has 0 aliphatic rings. The fourth-order valence-corrected chi connectivity index (χ4v) is 0.707. The number of hydrogen-bond donors (Lipinski definition) is 0. The van der Waals surface area contributed by atoms with Crippen LogP contribution in [-0.4, -0.2) is 12.9 Å². The molecule has 44 valence electrons. The first-order chi connectivity index (χ1) is 3.81. The van der Waals surface area contributed by atoms with E-state index in [9.17, 15) is 0 Å². The van der Waals surface area contributed by atoms with E-state index in [0.717, 1.165) is 3.70 Å². The molecule has 8 heavy (non-hydrogen) atoms. The van der Waals surface area contributed by atoms with Gasteiger partial charge in [0, 0.05) is 6.21 Å². The maximum absolute atomic E-state index is 3.90. The lowest BCUT2D eigenvalue weighted by Gasteiger charge is -1.80. The van der Waals surface area contributed by atoms with Crippen LogP contribution in [0.4, 0.5) is 0 Å². The lowest BCUT2D eigenvalue weighted by molar-refractivity contribution is 1.48. The SMILES string of the molecule is C=N/C=C(/I)N=CC. The topological polar surface area (TPSA) is 24.7 Å². The van der Waals surface area contributed by atoms with Crippen LogP contribution in [0.25, 0.3) is 0 Å². The normalized spacial score (nSPS) is 12.5. The molecule has 0 N–H and O–H groups in total. The number of hydrogen-bond acceptors (Lipinski definition) is 2. The fourth-order valence-electron chi connectivity index (χ4n) is 0.232. The Kier molecular flexibility index (Phi) is 4.84. The summed E-state index contributed by atoms with van der Waals surface area (Å²) in [5, 5.41) is 0. The molecule has 0 aliphatic heterocycles. The summed E-state index contributed by atoms with van der Waals surface area (Å²) in [6.45, 7) is 5.13. The average molecular weight is 222 g/mol. The van der Waals surface area contributed by atoms with Crippen molar-refractivity contribution in [2.75, 3.05) is 0 Å². The van der Waals surface area contributed by atoms with Gasteiger partial charge in [-0.2, -0.15) is 0 Å². The lowest BCUT2D eigenvalue weighted by Crippen LogP contribution is -1.61. The summed E-state index contributed by atoms with van der Waals surface area (Å²) < 4.78 is 0.847. The van der Waals surface area contributed by atoms with Crippen LogP contribution in [-0.2, 0) is 0 Å². The highest BCUT2D eigenvalue weighted by Crippen LogP contribution is 2.05. The molecule has 0 saturated carbocycles. The number of aliphatic imine (C=N–C) groups is 2. The zero-order valence-corrected chi connectivity index (χ0v) is 6.79. The van der Waals surface area contributed by atoms with Crippen molar-refractivity contribution in [3.8, 4) is 0 Å². The van der Waals surface area contributed by atoms with Gasteiger partial charge in [-0.05, 0) is 36.2 Å². The monoisotopic (exact) mass is 222 g/mol. The van der Waals surface area contributed by atoms with Crippen molar-refractivity contribution in [1.82, 2.24) is 0 Å². The summed E-state index contributed by atoms with van der Waals surface area (Å²) in [7, 11) is 0. The first-order valence-electron chi connectivity index (χ1n) is 2.11. The highest BCUT2D eigenvalue weighted by Gasteiger charge is 1.76. The minimum atomic E-state index is 0.847. The quantitative estimate of drug-likeness (QED) is 0.388. The van der Waals surface area contributed by atoms with Crippen LogP contribution in [0.3, 0.4) is 0 Å². The Bertz CT molecular complexity index is 126. The number of rotatable bonds is 2. The molecule has 2 nitrogen and oxygen atoms in total. The van der Waals surface area contributed by atoms with Gasteiger partial charge in [0.15, 0.2) is 0 Å². The molecule has 0 bridgehead atoms. The number of nitrogens with zero attached hydrogens (tertiary/aromatic N) is 2. The molecule has 0 rings (SSSR count). The van der Waals surface area contributed by atoms with E-state index in [0.29, 0.717) is 0 Å². The molecular formula is C5H7IN2. The molecule has 0 saturated heterocycles. The Morgan fingerprint density at radius 2 is 2.38 bits per heavy atom. The van der Waals surface area contributed by atoms with Gasteiger partial charge in [0.1, 0.15) is 3.70 Å². The summed E-state index contributed by atoms with van der Waals surface area (Å²) in [6.07, 6.45) is 3.31. The summed E-state index contributed by atoms with van der Waals surface area (Å²) in [5.41, 5.74) is 0. The molecule has 3 heteroatoms. The van der Waals surface area contributed by atoms with Gasteiger partial charge in [0.05, 0.1) is 6.20 Å². The summed E-state index contributed by atoms with van der Waals surface area (Å²) in [6, 6.07) is 0. The van der Waals surface area contributed by atoms with Crippen molar-refractivity contribution < 1.29 is 0 Å². The molecule has 0 unspecified atom stereocenters. The number of halogens is 1. The van der Waals surface area contributed by atoms with Crippen LogP contribution in [0.2, 0.25) is 0 Å². The van der Waals surface area contributed by atoms with E-state index < -0.39 is 0 Å². The zero-order valence-electron chi connectivity index (χ0n) is 4.63. The Balaban J connectivity index is 3.79. The van der Waals surface area contributed by atoms with Gasteiger partial charge in [-0.3, -0.25) is 9.98 Å². The van der Waals surface area contributed by atoms with Gasteiger partial charge in [0.25, 0.3) is 0 Å². The fraction of sp³-hybridized carbons (Fsp3) is 0.200. The van der Waals surface area contributed by atoms with Gasteiger partial charge >= 0.3 is 0 Å². The molecule has 0 aliphatic carbocycles. The second kappa shape index (κ2) is 4.96. The molecule has 0 aromatic rings. The van der Waals surface area contributed by atoms with E-state index >= 15 is 0 Å². The highest BCUT2D eigenvalue weighted by atomic mass is 127. The van der Waals surface area contributed by atoms with Gasteiger partial charge in [-0.15, -0.1) is 0 Å². The van der Waals surface area contributed by atoms with E-state index in [2.05, 4.69) is 39.3 Å². The van der Waals surface area contributed by atoms with E-state index in [4.69, 9.17) is 0 Å². The molecule has 0 spiro atoms. The largest absolute Gasteiger partial charge is 0.270 e. The van der Waals surface area contributed by atoms with Crippen molar-refractivity contribution >= 4 is 35.5 Å². The van der Waals surface area contributed by atoms with Crippen LogP contribution >= 0.6 is 22.6 Å². The minimum Gasteiger partial charge on any atom is -0.270 e. The van der Waals surface area contributed by atoms with E-state index in [1.165, 1.54) is 0 Å². The second-order valence-corrected chi connectivity index (χ2v) is 2.13. The molecule has 0 radical (unpaired) electrons. The summed E-state index contributed by atoms with van der Waals surface area (Å²) >= 11 is 2.07. The van der Waals surface area contributed by atoms with Crippen molar-refractivity contribution in [1.29, 1.82) is 0 Å². The molecule has 0 atom stereocenters. The molecule has 0 aromatic carbocycles. The van der Waals surface area contributed by atoms with Gasteiger partial charge in [-0.1, -0.05) is 0 Å². The third kappa shape index (κ3) is 3.98. The third-order valence-electron chi connectivity index (χ3n) is 0.450. The lowest BCUT2D eigenvalue weighted by atomic mass is 10.8. The third-order valence-corrected chi connectivity index (χ3v) is 1.01. The van der Waals surface area contributed by atoms with Crippen molar-refractivity contribution in [2.24, 2.45) is 9.98 Å². The standard InChI is InChI=1S/C5H7IN2/c1-3-8-5(6)4-7-2/h3-4H,2H2,1H3/b5-4-,8-3?. The summed E-state index contributed by atoms with van der Waals surface area (Å²) in [4.78, 5) is 7.42. The van der Waals surface area contributed by atoms with Gasteiger partial charge in [-0.25, -0.2) is 0 Å². The van der Waals surface area contributed by atoms with Gasteiger partial charge in [0.2, 0.25) is 0 Å². The summed E-state index contributed by atoms with van der Waals surface area (Å²) in [5.74, 6) is 0. The van der Waals surface area contributed by atoms with Crippen LogP contribution < -0.4 is 0 Å². The van der Waals surface area contributed by atoms with Crippen LogP contribution in [0.15, 0.2) is 19.9 Å². The van der Waals surface area contributed by atoms with Crippen LogP contribution in [0.5, 0.6) is 0 Å². The first-order valence-corrected chi connectivity index (χ1v) is 3.19. The van der Waals surface area contributed by atoms with Crippen molar-refractivity contribution in [3.05, 3.63) is 9.90 Å². The van der Waals surface area contributed by atoms with Crippen molar-refractivity contribution in [2.45, 2.75) is 6.92 Å². The predicted octanol–water partition coefficient (Wildman–Crippen LogP) is 2.01. The van der Waals surface area contributed by atoms with E-state index in [1.54, 1.807) is 12.4 Å². The van der Waals surface area contributed by atoms with E-state index in [-0.39, 0.29) is 0 Å². The maximum Gasteiger partial charge on any atom is 0.119 e. The average Bonchev–Trinajstić information content (AvgIpc) is 1.68. The molecule has 0 amide bonds. The molecule has 0 fully saturated rings. The minimum absolute atomic E-state index is 0.847. The maximum atomic E-state index is 3.90. The van der Waals surface area contributed by atoms with Crippen molar-refractivity contribution in [3.63, 3.8) is 0 Å². The van der Waals surface area contributed by atoms with E-state index in [1.807, 2.05) is 6.92 Å². The van der Waals surface area contributed by atoms with Gasteiger partial charge < -0.3 is 0 Å². The Morgan fingerprint density at radius 3 is 2.75 bits per heavy atom. The smallest absolute Gasteiger partial charge is 0.119 e. The zero-order chi connectivity index (χ0) is 6.41. The first kappa shape index (κ1) is 7.81. The Morgan fingerprint density at radius 1 is 1.75 bits per heavy atom. The molecule has 0 heterocycles.